The number of nitriles is 1. The molecule has 3 nitrogen and oxygen atoms in total. The summed E-state index contributed by atoms with van der Waals surface area (Å²) in [6, 6.07) is 8.93. The van der Waals surface area contributed by atoms with E-state index in [1.54, 1.807) is 0 Å². The second-order valence-electron chi connectivity index (χ2n) is 5.22. The summed E-state index contributed by atoms with van der Waals surface area (Å²) in [5, 5.41) is 12.3. The zero-order chi connectivity index (χ0) is 12.4. The molecule has 1 aromatic rings. The molecule has 2 aliphatic carbocycles. The van der Waals surface area contributed by atoms with Crippen LogP contribution in [0.5, 0.6) is 5.75 Å². The molecule has 1 aromatic carbocycles. The van der Waals surface area contributed by atoms with E-state index in [-0.39, 0.29) is 6.04 Å². The fourth-order valence-corrected chi connectivity index (χ4v) is 2.47. The molecule has 1 unspecified atom stereocenters. The number of rotatable bonds is 5. The van der Waals surface area contributed by atoms with Crippen LogP contribution in [-0.2, 0) is 12.8 Å². The molecule has 94 valence electrons. The van der Waals surface area contributed by atoms with Crippen molar-refractivity contribution in [1.29, 1.82) is 5.26 Å². The van der Waals surface area contributed by atoms with Crippen LogP contribution in [-0.4, -0.2) is 18.7 Å². The van der Waals surface area contributed by atoms with E-state index in [1.807, 2.05) is 6.07 Å². The van der Waals surface area contributed by atoms with E-state index in [0.717, 1.165) is 12.2 Å². The molecule has 18 heavy (non-hydrogen) atoms. The third kappa shape index (κ3) is 2.65. The van der Waals surface area contributed by atoms with Gasteiger partial charge in [0.15, 0.2) is 0 Å². The predicted molar refractivity (Wildman–Crippen MR) is 69.5 cm³/mol. The molecule has 0 spiro atoms. The minimum Gasteiger partial charge on any atom is -0.491 e. The molecule has 0 heterocycles. The topological polar surface area (TPSA) is 45.0 Å². The quantitative estimate of drug-likeness (QED) is 0.861. The van der Waals surface area contributed by atoms with Crippen molar-refractivity contribution in [2.45, 2.75) is 44.2 Å². The first-order valence-electron chi connectivity index (χ1n) is 6.75. The van der Waals surface area contributed by atoms with Gasteiger partial charge in [0.2, 0.25) is 0 Å². The average Bonchev–Trinajstić information content (AvgIpc) is 3.09. The van der Waals surface area contributed by atoms with Crippen molar-refractivity contribution in [3.8, 4) is 11.8 Å². The molecule has 0 radical (unpaired) electrons. The smallest absolute Gasteiger partial charge is 0.130 e. The lowest BCUT2D eigenvalue weighted by Crippen LogP contribution is -2.34. The molecule has 1 fully saturated rings. The van der Waals surface area contributed by atoms with Gasteiger partial charge in [-0.3, -0.25) is 5.32 Å². The van der Waals surface area contributed by atoms with Crippen molar-refractivity contribution in [2.75, 3.05) is 6.61 Å². The third-order valence-electron chi connectivity index (χ3n) is 3.66. The molecule has 1 saturated carbocycles. The standard InChI is InChI=1S/C15H18N2O/c16-9-14(17-13-5-6-13)10-18-15-7-4-11-2-1-3-12(11)8-15/h4,7-8,13-14,17H,1-3,5-6,10H2. The van der Waals surface area contributed by atoms with E-state index in [9.17, 15) is 0 Å². The van der Waals surface area contributed by atoms with Gasteiger partial charge in [0.05, 0.1) is 6.07 Å². The van der Waals surface area contributed by atoms with E-state index in [1.165, 1.54) is 36.8 Å². The van der Waals surface area contributed by atoms with Gasteiger partial charge in [-0.05, 0) is 55.4 Å². The van der Waals surface area contributed by atoms with Crippen LogP contribution in [0, 0.1) is 11.3 Å². The zero-order valence-corrected chi connectivity index (χ0v) is 10.5. The van der Waals surface area contributed by atoms with Crippen molar-refractivity contribution >= 4 is 0 Å². The number of hydrogen-bond donors (Lipinski definition) is 1. The number of ether oxygens (including phenoxy) is 1. The van der Waals surface area contributed by atoms with E-state index in [0.29, 0.717) is 12.6 Å². The van der Waals surface area contributed by atoms with Gasteiger partial charge in [-0.25, -0.2) is 0 Å². The molecule has 0 amide bonds. The summed E-state index contributed by atoms with van der Waals surface area (Å²) in [5.41, 5.74) is 2.87. The largest absolute Gasteiger partial charge is 0.491 e. The fraction of sp³-hybridized carbons (Fsp3) is 0.533. The highest BCUT2D eigenvalue weighted by molar-refractivity contribution is 5.38. The van der Waals surface area contributed by atoms with Gasteiger partial charge in [-0.15, -0.1) is 0 Å². The molecule has 1 N–H and O–H groups in total. The first kappa shape index (κ1) is 11.6. The Labute approximate surface area is 108 Å². The summed E-state index contributed by atoms with van der Waals surface area (Å²) >= 11 is 0. The second kappa shape index (κ2) is 4.99. The van der Waals surface area contributed by atoms with Crippen molar-refractivity contribution in [3.05, 3.63) is 29.3 Å². The molecule has 2 aliphatic rings. The summed E-state index contributed by atoms with van der Waals surface area (Å²) < 4.78 is 5.73. The van der Waals surface area contributed by atoms with E-state index in [4.69, 9.17) is 10.00 Å². The van der Waals surface area contributed by atoms with Crippen molar-refractivity contribution < 1.29 is 4.74 Å². The third-order valence-corrected chi connectivity index (χ3v) is 3.66. The normalized spacial score (nSPS) is 19.1. The van der Waals surface area contributed by atoms with Gasteiger partial charge in [-0.1, -0.05) is 6.07 Å². The maximum absolute atomic E-state index is 9.04. The molecule has 0 bridgehead atoms. The molecule has 0 saturated heterocycles. The predicted octanol–water partition coefficient (Wildman–Crippen LogP) is 2.20. The summed E-state index contributed by atoms with van der Waals surface area (Å²) in [6.07, 6.45) is 5.99. The fourth-order valence-electron chi connectivity index (χ4n) is 2.47. The highest BCUT2D eigenvalue weighted by Gasteiger charge is 2.24. The van der Waals surface area contributed by atoms with Crippen LogP contribution in [0.1, 0.15) is 30.4 Å². The lowest BCUT2D eigenvalue weighted by atomic mass is 10.1. The molecular formula is C15H18N2O. The van der Waals surface area contributed by atoms with Crippen LogP contribution in [0.2, 0.25) is 0 Å². The van der Waals surface area contributed by atoms with Gasteiger partial charge in [0.1, 0.15) is 18.4 Å². The Hall–Kier alpha value is -1.53. The van der Waals surface area contributed by atoms with Gasteiger partial charge in [-0.2, -0.15) is 5.26 Å². The van der Waals surface area contributed by atoms with E-state index < -0.39 is 0 Å². The Morgan fingerprint density at radius 1 is 1.33 bits per heavy atom. The Morgan fingerprint density at radius 3 is 2.94 bits per heavy atom. The van der Waals surface area contributed by atoms with Gasteiger partial charge in [0.25, 0.3) is 0 Å². The lowest BCUT2D eigenvalue weighted by molar-refractivity contribution is 0.288. The molecule has 0 aromatic heterocycles. The Kier molecular flexibility index (Phi) is 3.21. The number of nitrogens with one attached hydrogen (secondary N) is 1. The maximum atomic E-state index is 9.04. The Balaban J connectivity index is 1.57. The van der Waals surface area contributed by atoms with Crippen LogP contribution >= 0.6 is 0 Å². The van der Waals surface area contributed by atoms with Crippen LogP contribution in [0.25, 0.3) is 0 Å². The van der Waals surface area contributed by atoms with Gasteiger partial charge in [0, 0.05) is 6.04 Å². The van der Waals surface area contributed by atoms with Crippen molar-refractivity contribution in [2.24, 2.45) is 0 Å². The zero-order valence-electron chi connectivity index (χ0n) is 10.5. The Bertz CT molecular complexity index is 474. The van der Waals surface area contributed by atoms with Crippen LogP contribution in [0.3, 0.4) is 0 Å². The SMILES string of the molecule is N#CC(COc1ccc2c(c1)CCC2)NC1CC1. The van der Waals surface area contributed by atoms with Crippen LogP contribution < -0.4 is 10.1 Å². The monoisotopic (exact) mass is 242 g/mol. The first-order valence-corrected chi connectivity index (χ1v) is 6.75. The number of nitrogens with zero attached hydrogens (tertiary/aromatic N) is 1. The van der Waals surface area contributed by atoms with Crippen LogP contribution in [0.4, 0.5) is 0 Å². The second-order valence-corrected chi connectivity index (χ2v) is 5.22. The molecule has 3 rings (SSSR count). The number of fused-ring (bicyclic) bond motifs is 1. The van der Waals surface area contributed by atoms with Gasteiger partial charge >= 0.3 is 0 Å². The minimum atomic E-state index is -0.189. The number of aryl methyl sites for hydroxylation is 2. The van der Waals surface area contributed by atoms with Gasteiger partial charge < -0.3 is 4.74 Å². The maximum Gasteiger partial charge on any atom is 0.130 e. The summed E-state index contributed by atoms with van der Waals surface area (Å²) in [5.74, 6) is 0.897. The highest BCUT2D eigenvalue weighted by atomic mass is 16.5. The number of benzene rings is 1. The van der Waals surface area contributed by atoms with Crippen LogP contribution in [0.15, 0.2) is 18.2 Å². The average molecular weight is 242 g/mol. The summed E-state index contributed by atoms with van der Waals surface area (Å²) in [4.78, 5) is 0. The molecule has 3 heteroatoms. The molecule has 0 aliphatic heterocycles. The van der Waals surface area contributed by atoms with E-state index >= 15 is 0 Å². The lowest BCUT2D eigenvalue weighted by Gasteiger charge is -2.13. The van der Waals surface area contributed by atoms with E-state index in [2.05, 4.69) is 23.5 Å². The summed E-state index contributed by atoms with van der Waals surface area (Å²) in [7, 11) is 0. The Morgan fingerprint density at radius 2 is 2.17 bits per heavy atom. The highest BCUT2D eigenvalue weighted by Crippen LogP contribution is 2.26. The molecule has 1 atom stereocenters. The molecular weight excluding hydrogens is 224 g/mol. The first-order chi connectivity index (χ1) is 8.85. The minimum absolute atomic E-state index is 0.189. The van der Waals surface area contributed by atoms with Crippen molar-refractivity contribution in [1.82, 2.24) is 5.32 Å². The number of hydrogen-bond acceptors (Lipinski definition) is 3. The summed E-state index contributed by atoms with van der Waals surface area (Å²) in [6.45, 7) is 0.436. The van der Waals surface area contributed by atoms with Crippen molar-refractivity contribution in [3.63, 3.8) is 0 Å².